The van der Waals surface area contributed by atoms with Crippen LogP contribution in [-0.2, 0) is 0 Å². The molecule has 2 rings (SSSR count). The first kappa shape index (κ1) is 14.5. The second-order valence-corrected chi connectivity index (χ2v) is 5.60. The van der Waals surface area contributed by atoms with Gasteiger partial charge in [0.2, 0.25) is 0 Å². The topological polar surface area (TPSA) is 32.3 Å². The van der Waals surface area contributed by atoms with Crippen LogP contribution >= 0.6 is 0 Å². The third kappa shape index (κ3) is 4.29. The van der Waals surface area contributed by atoms with Crippen LogP contribution in [0, 0.1) is 11.7 Å². The molecule has 0 saturated heterocycles. The van der Waals surface area contributed by atoms with E-state index >= 15 is 0 Å². The van der Waals surface area contributed by atoms with Gasteiger partial charge in [-0.15, -0.1) is 0 Å². The number of aliphatic hydroxyl groups is 1. The van der Waals surface area contributed by atoms with E-state index in [9.17, 15) is 9.50 Å². The van der Waals surface area contributed by atoms with Gasteiger partial charge in [0.1, 0.15) is 5.82 Å². The van der Waals surface area contributed by atoms with Gasteiger partial charge >= 0.3 is 0 Å². The highest BCUT2D eigenvalue weighted by atomic mass is 19.1. The quantitative estimate of drug-likeness (QED) is 0.855. The average Bonchev–Trinajstić information content (AvgIpc) is 2.43. The lowest BCUT2D eigenvalue weighted by molar-refractivity contribution is 0.107. The Hall–Kier alpha value is -0.930. The molecular formula is C16H24FNO. The first-order chi connectivity index (χ1) is 9.19. The zero-order valence-electron chi connectivity index (χ0n) is 11.6. The van der Waals surface area contributed by atoms with E-state index in [1.165, 1.54) is 12.1 Å². The third-order valence-electron chi connectivity index (χ3n) is 4.15. The molecular weight excluding hydrogens is 241 g/mol. The van der Waals surface area contributed by atoms with Gasteiger partial charge in [0, 0.05) is 6.04 Å². The van der Waals surface area contributed by atoms with Crippen molar-refractivity contribution in [3.8, 4) is 0 Å². The summed E-state index contributed by atoms with van der Waals surface area (Å²) in [6.07, 6.45) is 4.98. The molecule has 0 heterocycles. The molecule has 1 unspecified atom stereocenters. The summed E-state index contributed by atoms with van der Waals surface area (Å²) in [6, 6.07) is 7.07. The average molecular weight is 265 g/mol. The molecule has 1 aliphatic carbocycles. The zero-order valence-corrected chi connectivity index (χ0v) is 11.6. The zero-order chi connectivity index (χ0) is 13.7. The van der Waals surface area contributed by atoms with Gasteiger partial charge in [-0.1, -0.05) is 19.1 Å². The summed E-state index contributed by atoms with van der Waals surface area (Å²) in [5, 5.41) is 13.1. The summed E-state index contributed by atoms with van der Waals surface area (Å²) in [7, 11) is 0. The fourth-order valence-corrected chi connectivity index (χ4v) is 2.85. The van der Waals surface area contributed by atoms with Crippen LogP contribution in [0.2, 0.25) is 0 Å². The lowest BCUT2D eigenvalue weighted by atomic mass is 9.87. The molecule has 1 aromatic rings. The maximum Gasteiger partial charge on any atom is 0.123 e. The maximum absolute atomic E-state index is 12.9. The molecule has 0 spiro atoms. The fourth-order valence-electron chi connectivity index (χ4n) is 2.85. The van der Waals surface area contributed by atoms with Crippen LogP contribution in [0.4, 0.5) is 4.39 Å². The van der Waals surface area contributed by atoms with Crippen molar-refractivity contribution in [1.29, 1.82) is 0 Å². The van der Waals surface area contributed by atoms with Crippen molar-refractivity contribution in [3.05, 3.63) is 35.6 Å². The number of hydrogen-bond acceptors (Lipinski definition) is 2. The summed E-state index contributed by atoms with van der Waals surface area (Å²) in [6.45, 7) is 3.13. The Morgan fingerprint density at radius 2 is 1.84 bits per heavy atom. The van der Waals surface area contributed by atoms with E-state index in [1.54, 1.807) is 0 Å². The van der Waals surface area contributed by atoms with Crippen molar-refractivity contribution >= 4 is 0 Å². The van der Waals surface area contributed by atoms with Crippen LogP contribution in [0.15, 0.2) is 24.3 Å². The molecule has 1 saturated carbocycles. The van der Waals surface area contributed by atoms with Crippen LogP contribution < -0.4 is 5.32 Å². The van der Waals surface area contributed by atoms with Gasteiger partial charge in [-0.2, -0.15) is 0 Å². The molecule has 0 amide bonds. The Morgan fingerprint density at radius 3 is 2.42 bits per heavy atom. The van der Waals surface area contributed by atoms with Gasteiger partial charge in [0.05, 0.1) is 6.10 Å². The molecule has 0 radical (unpaired) electrons. The molecule has 1 aliphatic rings. The number of aliphatic hydroxyl groups excluding tert-OH is 1. The number of rotatable bonds is 5. The minimum Gasteiger partial charge on any atom is -0.393 e. The second-order valence-electron chi connectivity index (χ2n) is 5.60. The van der Waals surface area contributed by atoms with E-state index < -0.39 is 0 Å². The summed E-state index contributed by atoms with van der Waals surface area (Å²) >= 11 is 0. The highest BCUT2D eigenvalue weighted by molar-refractivity contribution is 5.19. The standard InChI is InChI=1S/C16H24FNO/c1-2-16(13-5-7-14(17)8-6-13)18-11-12-3-9-15(19)10-4-12/h5-8,12,15-16,18-19H,2-4,9-11H2,1H3. The predicted molar refractivity (Wildman–Crippen MR) is 75.4 cm³/mol. The lowest BCUT2D eigenvalue weighted by Crippen LogP contribution is -2.30. The van der Waals surface area contributed by atoms with E-state index in [-0.39, 0.29) is 11.9 Å². The number of halogens is 1. The summed E-state index contributed by atoms with van der Waals surface area (Å²) < 4.78 is 12.9. The number of hydrogen-bond donors (Lipinski definition) is 2. The SMILES string of the molecule is CCC(NCC1CCC(O)CC1)c1ccc(F)cc1. The normalized spacial score (nSPS) is 25.2. The summed E-state index contributed by atoms with van der Waals surface area (Å²) in [5.41, 5.74) is 1.15. The monoisotopic (exact) mass is 265 g/mol. The number of benzene rings is 1. The Kier molecular flexibility index (Phi) is 5.34. The van der Waals surface area contributed by atoms with Crippen LogP contribution in [0.3, 0.4) is 0 Å². The molecule has 1 aromatic carbocycles. The Bertz CT molecular complexity index is 371. The Labute approximate surface area is 115 Å². The number of nitrogens with one attached hydrogen (secondary N) is 1. The Balaban J connectivity index is 1.84. The van der Waals surface area contributed by atoms with Gasteiger partial charge in [0.25, 0.3) is 0 Å². The highest BCUT2D eigenvalue weighted by Crippen LogP contribution is 2.25. The van der Waals surface area contributed by atoms with Crippen molar-refractivity contribution in [1.82, 2.24) is 5.32 Å². The van der Waals surface area contributed by atoms with Crippen molar-refractivity contribution in [2.24, 2.45) is 5.92 Å². The molecule has 0 aromatic heterocycles. The predicted octanol–water partition coefficient (Wildman–Crippen LogP) is 3.42. The largest absolute Gasteiger partial charge is 0.393 e. The lowest BCUT2D eigenvalue weighted by Gasteiger charge is -2.27. The minimum atomic E-state index is -0.181. The molecule has 2 N–H and O–H groups in total. The molecule has 3 heteroatoms. The van der Waals surface area contributed by atoms with Crippen LogP contribution in [-0.4, -0.2) is 17.8 Å². The molecule has 0 aliphatic heterocycles. The molecule has 2 nitrogen and oxygen atoms in total. The van der Waals surface area contributed by atoms with Crippen molar-refractivity contribution in [2.75, 3.05) is 6.54 Å². The fraction of sp³-hybridized carbons (Fsp3) is 0.625. The van der Waals surface area contributed by atoms with Crippen molar-refractivity contribution in [2.45, 2.75) is 51.2 Å². The van der Waals surface area contributed by atoms with Gasteiger partial charge in [-0.25, -0.2) is 4.39 Å². The van der Waals surface area contributed by atoms with E-state index in [1.807, 2.05) is 12.1 Å². The first-order valence-electron chi connectivity index (χ1n) is 7.36. The van der Waals surface area contributed by atoms with Crippen molar-refractivity contribution in [3.63, 3.8) is 0 Å². The van der Waals surface area contributed by atoms with Crippen LogP contribution in [0.5, 0.6) is 0 Å². The molecule has 1 fully saturated rings. The van der Waals surface area contributed by atoms with Gasteiger partial charge in [-0.05, 0) is 62.3 Å². The van der Waals surface area contributed by atoms with Crippen LogP contribution in [0.1, 0.15) is 50.6 Å². The highest BCUT2D eigenvalue weighted by Gasteiger charge is 2.20. The van der Waals surface area contributed by atoms with E-state index in [4.69, 9.17) is 0 Å². The minimum absolute atomic E-state index is 0.0877. The maximum atomic E-state index is 12.9. The summed E-state index contributed by atoms with van der Waals surface area (Å²) in [4.78, 5) is 0. The molecule has 19 heavy (non-hydrogen) atoms. The molecule has 0 bridgehead atoms. The van der Waals surface area contributed by atoms with Crippen LogP contribution in [0.25, 0.3) is 0 Å². The third-order valence-corrected chi connectivity index (χ3v) is 4.15. The molecule has 1 atom stereocenters. The van der Waals surface area contributed by atoms with E-state index in [0.717, 1.165) is 44.2 Å². The van der Waals surface area contributed by atoms with Gasteiger partial charge in [0.15, 0.2) is 0 Å². The second kappa shape index (κ2) is 7.01. The van der Waals surface area contributed by atoms with E-state index in [2.05, 4.69) is 12.2 Å². The summed E-state index contributed by atoms with van der Waals surface area (Å²) in [5.74, 6) is 0.484. The van der Waals surface area contributed by atoms with Gasteiger partial charge < -0.3 is 10.4 Å². The molecule has 106 valence electrons. The van der Waals surface area contributed by atoms with Crippen molar-refractivity contribution < 1.29 is 9.50 Å². The van der Waals surface area contributed by atoms with Gasteiger partial charge in [-0.3, -0.25) is 0 Å². The van der Waals surface area contributed by atoms with E-state index in [0.29, 0.717) is 12.0 Å². The smallest absolute Gasteiger partial charge is 0.123 e. The first-order valence-corrected chi connectivity index (χ1v) is 7.36. The Morgan fingerprint density at radius 1 is 1.21 bits per heavy atom.